The molecular formula is C17H17Cl2NO2S. The molecule has 0 aromatic heterocycles. The van der Waals surface area contributed by atoms with Crippen molar-refractivity contribution in [3.05, 3.63) is 64.1 Å². The van der Waals surface area contributed by atoms with Crippen LogP contribution >= 0.6 is 35.0 Å². The third kappa shape index (κ3) is 6.73. The quantitative estimate of drug-likeness (QED) is 0.699. The average molecular weight is 370 g/mol. The summed E-state index contributed by atoms with van der Waals surface area (Å²) in [5, 5.41) is 4.10. The Morgan fingerprint density at radius 2 is 1.83 bits per heavy atom. The normalized spacial score (nSPS) is 10.3. The predicted molar refractivity (Wildman–Crippen MR) is 97.6 cm³/mol. The summed E-state index contributed by atoms with van der Waals surface area (Å²) in [7, 11) is 0. The minimum absolute atomic E-state index is 0.00766. The summed E-state index contributed by atoms with van der Waals surface area (Å²) in [5.41, 5.74) is 1.15. The molecule has 23 heavy (non-hydrogen) atoms. The first-order valence-electron chi connectivity index (χ1n) is 7.11. The molecule has 0 spiro atoms. The highest BCUT2D eigenvalue weighted by Crippen LogP contribution is 2.22. The van der Waals surface area contributed by atoms with Crippen LogP contribution in [0.25, 0.3) is 0 Å². The maximum Gasteiger partial charge on any atom is 0.230 e. The van der Waals surface area contributed by atoms with Crippen molar-refractivity contribution in [2.75, 3.05) is 18.9 Å². The highest BCUT2D eigenvalue weighted by atomic mass is 35.5. The fourth-order valence-corrected chi connectivity index (χ4v) is 2.94. The zero-order chi connectivity index (χ0) is 16.5. The third-order valence-corrected chi connectivity index (χ3v) is 4.50. The van der Waals surface area contributed by atoms with Gasteiger partial charge in [-0.15, -0.1) is 11.8 Å². The summed E-state index contributed by atoms with van der Waals surface area (Å²) in [6.45, 7) is 0.836. The van der Waals surface area contributed by atoms with Gasteiger partial charge in [-0.25, -0.2) is 0 Å². The summed E-state index contributed by atoms with van der Waals surface area (Å²) < 4.78 is 5.51. The van der Waals surface area contributed by atoms with Gasteiger partial charge in [-0.2, -0.15) is 0 Å². The Morgan fingerprint density at radius 3 is 2.57 bits per heavy atom. The van der Waals surface area contributed by atoms with Gasteiger partial charge in [0.05, 0.1) is 17.3 Å². The largest absolute Gasteiger partial charge is 0.490 e. The maximum atomic E-state index is 11.7. The number of amides is 1. The monoisotopic (exact) mass is 369 g/mol. The van der Waals surface area contributed by atoms with Crippen molar-refractivity contribution in [1.82, 2.24) is 5.32 Å². The molecule has 0 fully saturated rings. The van der Waals surface area contributed by atoms with E-state index < -0.39 is 0 Å². The molecule has 0 aliphatic rings. The van der Waals surface area contributed by atoms with Gasteiger partial charge < -0.3 is 10.1 Å². The fraction of sp³-hybridized carbons (Fsp3) is 0.235. The van der Waals surface area contributed by atoms with E-state index in [1.54, 1.807) is 23.9 Å². The molecule has 1 N–H and O–H groups in total. The van der Waals surface area contributed by atoms with Crippen LogP contribution in [0.3, 0.4) is 0 Å². The van der Waals surface area contributed by atoms with Gasteiger partial charge in [-0.3, -0.25) is 4.79 Å². The molecule has 1 amide bonds. The summed E-state index contributed by atoms with van der Waals surface area (Å²) in [4.78, 5) is 11.7. The van der Waals surface area contributed by atoms with Crippen LogP contribution in [0, 0.1) is 0 Å². The lowest BCUT2D eigenvalue weighted by molar-refractivity contribution is -0.118. The number of para-hydroxylation sites is 1. The van der Waals surface area contributed by atoms with Gasteiger partial charge in [0.1, 0.15) is 12.4 Å². The Morgan fingerprint density at radius 1 is 1.09 bits per heavy atom. The van der Waals surface area contributed by atoms with Crippen LogP contribution in [0.5, 0.6) is 5.75 Å². The van der Waals surface area contributed by atoms with Gasteiger partial charge in [0.15, 0.2) is 0 Å². The van der Waals surface area contributed by atoms with Crippen molar-refractivity contribution < 1.29 is 9.53 Å². The minimum atomic E-state index is -0.00766. The Kier molecular flexibility index (Phi) is 7.59. The topological polar surface area (TPSA) is 38.3 Å². The highest BCUT2D eigenvalue weighted by Gasteiger charge is 2.03. The number of carbonyl (C=O) groups excluding carboxylic acids is 1. The molecule has 6 heteroatoms. The molecule has 0 unspecified atom stereocenters. The van der Waals surface area contributed by atoms with E-state index in [2.05, 4.69) is 5.32 Å². The smallest absolute Gasteiger partial charge is 0.230 e. The van der Waals surface area contributed by atoms with Crippen LogP contribution < -0.4 is 10.1 Å². The van der Waals surface area contributed by atoms with Crippen LogP contribution in [-0.2, 0) is 10.5 Å². The van der Waals surface area contributed by atoms with Crippen molar-refractivity contribution in [3.8, 4) is 5.75 Å². The van der Waals surface area contributed by atoms with Crippen LogP contribution in [-0.4, -0.2) is 24.8 Å². The second-order valence-electron chi connectivity index (χ2n) is 4.75. The lowest BCUT2D eigenvalue weighted by Crippen LogP contribution is -2.29. The molecule has 0 heterocycles. The maximum absolute atomic E-state index is 11.7. The van der Waals surface area contributed by atoms with Crippen molar-refractivity contribution in [1.29, 1.82) is 0 Å². The molecule has 122 valence electrons. The number of nitrogens with one attached hydrogen (secondary N) is 1. The summed E-state index contributed by atoms with van der Waals surface area (Å²) in [5.74, 6) is 1.81. The first-order chi connectivity index (χ1) is 11.1. The van der Waals surface area contributed by atoms with Gasteiger partial charge in [-0.1, -0.05) is 47.5 Å². The van der Waals surface area contributed by atoms with Crippen LogP contribution in [0.15, 0.2) is 48.5 Å². The molecule has 3 nitrogen and oxygen atoms in total. The van der Waals surface area contributed by atoms with E-state index >= 15 is 0 Å². The SMILES string of the molecule is O=C(CSCc1ccc(Cl)cc1)NCCOc1ccccc1Cl. The van der Waals surface area contributed by atoms with E-state index in [0.29, 0.717) is 29.7 Å². The zero-order valence-corrected chi connectivity index (χ0v) is 14.8. The van der Waals surface area contributed by atoms with Crippen molar-refractivity contribution in [2.45, 2.75) is 5.75 Å². The van der Waals surface area contributed by atoms with Crippen LogP contribution in [0.2, 0.25) is 10.0 Å². The van der Waals surface area contributed by atoms with E-state index in [1.807, 2.05) is 36.4 Å². The molecule has 0 atom stereocenters. The number of hydrogen-bond acceptors (Lipinski definition) is 3. The molecule has 2 rings (SSSR count). The standard InChI is InChI=1S/C17H17Cl2NO2S/c18-14-7-5-13(6-8-14)11-23-12-17(21)20-9-10-22-16-4-2-1-3-15(16)19/h1-8H,9-12H2,(H,20,21). The molecule has 0 saturated heterocycles. The third-order valence-electron chi connectivity index (χ3n) is 2.93. The number of halogens is 2. The Hall–Kier alpha value is -1.36. The predicted octanol–water partition coefficient (Wildman–Crippen LogP) is 4.42. The van der Waals surface area contributed by atoms with Gasteiger partial charge in [0.2, 0.25) is 5.91 Å². The van der Waals surface area contributed by atoms with Crippen LogP contribution in [0.1, 0.15) is 5.56 Å². The van der Waals surface area contributed by atoms with Gasteiger partial charge in [-0.05, 0) is 29.8 Å². The average Bonchev–Trinajstić information content (AvgIpc) is 2.55. The molecule has 0 aliphatic carbocycles. The first-order valence-corrected chi connectivity index (χ1v) is 9.02. The van der Waals surface area contributed by atoms with Gasteiger partial charge in [0, 0.05) is 10.8 Å². The zero-order valence-electron chi connectivity index (χ0n) is 12.4. The number of hydrogen-bond donors (Lipinski definition) is 1. The minimum Gasteiger partial charge on any atom is -0.490 e. The Balaban J connectivity index is 1.58. The molecule has 2 aromatic rings. The summed E-state index contributed by atoms with van der Waals surface area (Å²) in [6.07, 6.45) is 0. The van der Waals surface area contributed by atoms with E-state index in [-0.39, 0.29) is 5.91 Å². The van der Waals surface area contributed by atoms with Gasteiger partial charge in [0.25, 0.3) is 0 Å². The second-order valence-corrected chi connectivity index (χ2v) is 6.58. The second kappa shape index (κ2) is 9.71. The van der Waals surface area contributed by atoms with E-state index in [9.17, 15) is 4.79 Å². The lowest BCUT2D eigenvalue weighted by Gasteiger charge is -2.09. The molecule has 0 saturated carbocycles. The fourth-order valence-electron chi connectivity index (χ4n) is 1.81. The Labute approximate surface area is 150 Å². The number of rotatable bonds is 8. The Bertz CT molecular complexity index is 635. The van der Waals surface area contributed by atoms with E-state index in [1.165, 1.54) is 0 Å². The highest BCUT2D eigenvalue weighted by molar-refractivity contribution is 7.99. The van der Waals surface area contributed by atoms with E-state index in [0.717, 1.165) is 16.3 Å². The van der Waals surface area contributed by atoms with Crippen molar-refractivity contribution in [2.24, 2.45) is 0 Å². The van der Waals surface area contributed by atoms with Crippen LogP contribution in [0.4, 0.5) is 0 Å². The lowest BCUT2D eigenvalue weighted by atomic mass is 10.2. The number of ether oxygens (including phenoxy) is 1. The molecule has 0 bridgehead atoms. The summed E-state index contributed by atoms with van der Waals surface area (Å²) >= 11 is 13.4. The van der Waals surface area contributed by atoms with Gasteiger partial charge >= 0.3 is 0 Å². The molecule has 0 radical (unpaired) electrons. The number of thioether (sulfide) groups is 1. The molecular weight excluding hydrogens is 353 g/mol. The van der Waals surface area contributed by atoms with Crippen molar-refractivity contribution >= 4 is 40.9 Å². The molecule has 0 aliphatic heterocycles. The number of benzene rings is 2. The first kappa shape index (κ1) is 18.0. The summed E-state index contributed by atoms with van der Waals surface area (Å²) in [6, 6.07) is 14.9. The number of carbonyl (C=O) groups is 1. The van der Waals surface area contributed by atoms with Crippen molar-refractivity contribution in [3.63, 3.8) is 0 Å². The van der Waals surface area contributed by atoms with E-state index in [4.69, 9.17) is 27.9 Å². The molecule has 2 aromatic carbocycles.